The first-order valence-electron chi connectivity index (χ1n) is 18.3. The largest absolute Gasteiger partial charge is 0.310 e. The van der Waals surface area contributed by atoms with Crippen LogP contribution in [-0.4, -0.2) is 0 Å². The van der Waals surface area contributed by atoms with Crippen LogP contribution in [-0.2, 0) is 0 Å². The molecule has 0 atom stereocenters. The van der Waals surface area contributed by atoms with Gasteiger partial charge < -0.3 is 9.80 Å². The molecule has 0 aliphatic heterocycles. The second-order valence-corrected chi connectivity index (χ2v) is 16.0. The zero-order valence-electron chi connectivity index (χ0n) is 30.0. The predicted molar refractivity (Wildman–Crippen MR) is 236 cm³/mol. The summed E-state index contributed by atoms with van der Waals surface area (Å²) < 4.78 is 5.18. The molecule has 258 valence electrons. The molecule has 0 saturated heterocycles. The fraction of sp³-hybridized carbons (Fsp3) is 0.0400. The van der Waals surface area contributed by atoms with Crippen molar-refractivity contribution in [2.24, 2.45) is 0 Å². The van der Waals surface area contributed by atoms with Crippen molar-refractivity contribution in [2.45, 2.75) is 13.8 Å². The number of nitrogens with zero attached hydrogens (tertiary/aromatic N) is 2. The first kappa shape index (κ1) is 32.5. The quantitative estimate of drug-likeness (QED) is 0.161. The summed E-state index contributed by atoms with van der Waals surface area (Å²) in [6, 6.07) is 66.5. The van der Waals surface area contributed by atoms with Gasteiger partial charge in [-0.3, -0.25) is 0 Å². The molecule has 0 N–H and O–H groups in total. The van der Waals surface area contributed by atoms with E-state index in [1.165, 1.54) is 62.6 Å². The van der Waals surface area contributed by atoms with Gasteiger partial charge in [-0.15, -0.1) is 22.7 Å². The summed E-state index contributed by atoms with van der Waals surface area (Å²) >= 11 is 3.72. The van der Waals surface area contributed by atoms with Crippen LogP contribution in [0.5, 0.6) is 0 Å². The minimum absolute atomic E-state index is 1.10. The molecular formula is C50H36N2S2. The zero-order valence-corrected chi connectivity index (χ0v) is 31.7. The standard InChI is InChI=1S/C50H36N2S2/c1-33-15-9-10-20-40(33)45-29-39(51(35-16-5-3-6-17-35)37-25-27-43-41-21-11-13-23-47(41)53-49(43)31-37)30-46(34(45)2)52(36-18-7-4-8-19-36)38-26-28-44-42-22-12-14-24-48(42)54-50(44)32-38/h3-32H,1-2H3. The number of fused-ring (bicyclic) bond motifs is 6. The third kappa shape index (κ3) is 5.54. The molecule has 4 heteroatoms. The van der Waals surface area contributed by atoms with E-state index in [0.717, 1.165) is 34.1 Å². The maximum atomic E-state index is 2.45. The minimum Gasteiger partial charge on any atom is -0.310 e. The van der Waals surface area contributed by atoms with Gasteiger partial charge in [0.1, 0.15) is 0 Å². The SMILES string of the molecule is Cc1ccccc1-c1cc(N(c2ccccc2)c2ccc3c(c2)sc2ccccc23)cc(N(c2ccccc2)c2ccc3c(c2)sc2ccccc23)c1C. The number of hydrogen-bond acceptors (Lipinski definition) is 4. The van der Waals surface area contributed by atoms with Crippen molar-refractivity contribution in [3.05, 3.63) is 193 Å². The Labute approximate surface area is 323 Å². The number of rotatable bonds is 7. The van der Waals surface area contributed by atoms with E-state index in [0.29, 0.717) is 0 Å². The summed E-state index contributed by atoms with van der Waals surface area (Å²) in [5.41, 5.74) is 11.7. The van der Waals surface area contributed by atoms with E-state index in [1.54, 1.807) is 0 Å². The Bertz CT molecular complexity index is 2980. The van der Waals surface area contributed by atoms with Crippen molar-refractivity contribution >= 4 is 97.1 Å². The molecule has 54 heavy (non-hydrogen) atoms. The average molecular weight is 729 g/mol. The van der Waals surface area contributed by atoms with Crippen LogP contribution >= 0.6 is 22.7 Å². The summed E-state index contributed by atoms with van der Waals surface area (Å²) in [5.74, 6) is 0. The lowest BCUT2D eigenvalue weighted by molar-refractivity contribution is 1.23. The van der Waals surface area contributed by atoms with Gasteiger partial charge >= 0.3 is 0 Å². The molecule has 0 unspecified atom stereocenters. The molecule has 0 aliphatic rings. The van der Waals surface area contributed by atoms with Gasteiger partial charge in [-0.2, -0.15) is 0 Å². The Morgan fingerprint density at radius 2 is 0.815 bits per heavy atom. The highest BCUT2D eigenvalue weighted by Crippen LogP contribution is 2.48. The minimum atomic E-state index is 1.10. The first-order chi connectivity index (χ1) is 26.6. The summed E-state index contributed by atoms with van der Waals surface area (Å²) in [7, 11) is 0. The van der Waals surface area contributed by atoms with Crippen LogP contribution in [0.15, 0.2) is 182 Å². The molecule has 0 fully saturated rings. The van der Waals surface area contributed by atoms with Crippen LogP contribution in [0.25, 0.3) is 51.5 Å². The molecule has 0 amide bonds. The van der Waals surface area contributed by atoms with Gasteiger partial charge in [0, 0.05) is 68.8 Å². The number of anilines is 6. The highest BCUT2D eigenvalue weighted by Gasteiger charge is 2.23. The van der Waals surface area contributed by atoms with Crippen molar-refractivity contribution < 1.29 is 0 Å². The molecule has 0 bridgehead atoms. The molecule has 2 aromatic heterocycles. The topological polar surface area (TPSA) is 6.48 Å². The molecule has 0 spiro atoms. The molecule has 10 rings (SSSR count). The van der Waals surface area contributed by atoms with Crippen LogP contribution in [0.2, 0.25) is 0 Å². The second kappa shape index (κ2) is 13.3. The molecule has 8 aromatic carbocycles. The lowest BCUT2D eigenvalue weighted by atomic mass is 9.93. The third-order valence-corrected chi connectivity index (χ3v) is 12.8. The van der Waals surface area contributed by atoms with Crippen molar-refractivity contribution in [2.75, 3.05) is 9.80 Å². The van der Waals surface area contributed by atoms with E-state index >= 15 is 0 Å². The smallest absolute Gasteiger partial charge is 0.0517 e. The van der Waals surface area contributed by atoms with E-state index < -0.39 is 0 Å². The van der Waals surface area contributed by atoms with Crippen LogP contribution in [0, 0.1) is 13.8 Å². The highest BCUT2D eigenvalue weighted by atomic mass is 32.1. The van der Waals surface area contributed by atoms with Gasteiger partial charge in [-0.05, 0) is 109 Å². The van der Waals surface area contributed by atoms with E-state index in [9.17, 15) is 0 Å². The lowest BCUT2D eigenvalue weighted by Crippen LogP contribution is -2.15. The molecular weight excluding hydrogens is 693 g/mol. The van der Waals surface area contributed by atoms with Crippen LogP contribution in [0.1, 0.15) is 11.1 Å². The summed E-state index contributed by atoms with van der Waals surface area (Å²) in [6.07, 6.45) is 0. The van der Waals surface area contributed by atoms with Gasteiger partial charge in [0.25, 0.3) is 0 Å². The maximum absolute atomic E-state index is 2.45. The van der Waals surface area contributed by atoms with Gasteiger partial charge in [-0.25, -0.2) is 0 Å². The van der Waals surface area contributed by atoms with Gasteiger partial charge in [-0.1, -0.05) is 109 Å². The van der Waals surface area contributed by atoms with Crippen LogP contribution in [0.4, 0.5) is 34.1 Å². The number of hydrogen-bond donors (Lipinski definition) is 0. The van der Waals surface area contributed by atoms with E-state index in [2.05, 4.69) is 206 Å². The number of para-hydroxylation sites is 2. The van der Waals surface area contributed by atoms with Gasteiger partial charge in [0.15, 0.2) is 0 Å². The van der Waals surface area contributed by atoms with Crippen LogP contribution < -0.4 is 9.80 Å². The fourth-order valence-corrected chi connectivity index (χ4v) is 10.2. The van der Waals surface area contributed by atoms with Gasteiger partial charge in [0.2, 0.25) is 0 Å². The molecule has 0 radical (unpaired) electrons. The van der Waals surface area contributed by atoms with E-state index in [-0.39, 0.29) is 0 Å². The lowest BCUT2D eigenvalue weighted by Gasteiger charge is -2.32. The number of aryl methyl sites for hydroxylation is 1. The Hall–Kier alpha value is -6.20. The monoisotopic (exact) mass is 728 g/mol. The summed E-state index contributed by atoms with van der Waals surface area (Å²) in [5, 5.41) is 5.21. The predicted octanol–water partition coefficient (Wildman–Crippen LogP) is 15.6. The van der Waals surface area contributed by atoms with E-state index in [1.807, 2.05) is 22.7 Å². The van der Waals surface area contributed by atoms with Crippen molar-refractivity contribution in [3.8, 4) is 11.1 Å². The number of benzene rings is 8. The maximum Gasteiger partial charge on any atom is 0.0517 e. The fourth-order valence-electron chi connectivity index (χ4n) is 7.94. The van der Waals surface area contributed by atoms with E-state index in [4.69, 9.17) is 0 Å². The Kier molecular flexibility index (Phi) is 8.01. The Morgan fingerprint density at radius 1 is 0.333 bits per heavy atom. The molecule has 2 heterocycles. The molecule has 10 aromatic rings. The molecule has 0 aliphatic carbocycles. The van der Waals surface area contributed by atoms with Crippen LogP contribution in [0.3, 0.4) is 0 Å². The third-order valence-electron chi connectivity index (χ3n) is 10.6. The normalized spacial score (nSPS) is 11.5. The van der Waals surface area contributed by atoms with Crippen molar-refractivity contribution in [1.29, 1.82) is 0 Å². The molecule has 0 saturated carbocycles. The molecule has 2 nitrogen and oxygen atoms in total. The Morgan fingerprint density at radius 3 is 1.41 bits per heavy atom. The zero-order chi connectivity index (χ0) is 36.2. The highest BCUT2D eigenvalue weighted by molar-refractivity contribution is 7.26. The summed E-state index contributed by atoms with van der Waals surface area (Å²) in [4.78, 5) is 4.87. The Balaban J connectivity index is 1.25. The summed E-state index contributed by atoms with van der Waals surface area (Å²) in [6.45, 7) is 4.50. The second-order valence-electron chi connectivity index (χ2n) is 13.9. The van der Waals surface area contributed by atoms with Crippen molar-refractivity contribution in [1.82, 2.24) is 0 Å². The van der Waals surface area contributed by atoms with Crippen molar-refractivity contribution in [3.63, 3.8) is 0 Å². The number of thiophene rings is 2. The average Bonchev–Trinajstić information content (AvgIpc) is 3.78. The van der Waals surface area contributed by atoms with Gasteiger partial charge in [0.05, 0.1) is 5.69 Å². The first-order valence-corrected chi connectivity index (χ1v) is 20.0.